The van der Waals surface area contributed by atoms with Crippen molar-refractivity contribution in [2.75, 3.05) is 6.61 Å². The molecule has 100 valence electrons. The minimum absolute atomic E-state index is 0.257. The molecule has 2 rings (SSSR count). The zero-order valence-corrected chi connectivity index (χ0v) is 11.9. The third-order valence-corrected chi connectivity index (χ3v) is 3.71. The zero-order valence-electron chi connectivity index (χ0n) is 11.9. The number of rotatable bonds is 3. The summed E-state index contributed by atoms with van der Waals surface area (Å²) in [7, 11) is -0.376. The van der Waals surface area contributed by atoms with Crippen LogP contribution in [0, 0.1) is 12.3 Å². The average molecular weight is 258 g/mol. The molecule has 0 atom stereocenters. The highest BCUT2D eigenvalue weighted by Crippen LogP contribution is 2.36. The SMILES string of the molecule is C#CCOc1cccc(B2OC(C)(C)C(C)(C)O2)c1. The van der Waals surface area contributed by atoms with Gasteiger partial charge in [0.2, 0.25) is 0 Å². The smallest absolute Gasteiger partial charge is 0.481 e. The van der Waals surface area contributed by atoms with E-state index in [2.05, 4.69) is 5.92 Å². The van der Waals surface area contributed by atoms with E-state index < -0.39 is 0 Å². The van der Waals surface area contributed by atoms with Gasteiger partial charge in [-0.3, -0.25) is 0 Å². The molecule has 0 radical (unpaired) electrons. The lowest BCUT2D eigenvalue weighted by Gasteiger charge is -2.32. The molecule has 0 unspecified atom stereocenters. The highest BCUT2D eigenvalue weighted by Gasteiger charge is 2.51. The average Bonchev–Trinajstić information content (AvgIpc) is 2.56. The van der Waals surface area contributed by atoms with E-state index in [-0.39, 0.29) is 24.9 Å². The van der Waals surface area contributed by atoms with Gasteiger partial charge in [0.25, 0.3) is 0 Å². The Morgan fingerprint density at radius 1 is 1.21 bits per heavy atom. The first-order chi connectivity index (χ1) is 8.86. The van der Waals surface area contributed by atoms with Crippen molar-refractivity contribution in [3.8, 4) is 18.1 Å². The Kier molecular flexibility index (Phi) is 3.62. The van der Waals surface area contributed by atoms with E-state index in [9.17, 15) is 0 Å². The van der Waals surface area contributed by atoms with Crippen molar-refractivity contribution in [1.29, 1.82) is 0 Å². The van der Waals surface area contributed by atoms with Gasteiger partial charge in [0.05, 0.1) is 11.2 Å². The van der Waals surface area contributed by atoms with Crippen LogP contribution < -0.4 is 10.2 Å². The molecule has 0 spiro atoms. The van der Waals surface area contributed by atoms with Crippen LogP contribution in [0.3, 0.4) is 0 Å². The molecular formula is C15H19BO3. The Hall–Kier alpha value is -1.44. The summed E-state index contributed by atoms with van der Waals surface area (Å²) < 4.78 is 17.4. The molecule has 4 heteroatoms. The maximum atomic E-state index is 5.99. The van der Waals surface area contributed by atoms with Crippen LogP contribution in [0.4, 0.5) is 0 Å². The van der Waals surface area contributed by atoms with Crippen molar-refractivity contribution >= 4 is 12.6 Å². The second-order valence-corrected chi connectivity index (χ2v) is 5.65. The number of ether oxygens (including phenoxy) is 1. The Labute approximate surface area is 115 Å². The van der Waals surface area contributed by atoms with Crippen LogP contribution in [0.1, 0.15) is 27.7 Å². The lowest BCUT2D eigenvalue weighted by atomic mass is 9.79. The number of benzene rings is 1. The van der Waals surface area contributed by atoms with Gasteiger partial charge in [-0.25, -0.2) is 0 Å². The van der Waals surface area contributed by atoms with Gasteiger partial charge in [-0.15, -0.1) is 6.42 Å². The van der Waals surface area contributed by atoms with Crippen LogP contribution in [-0.2, 0) is 9.31 Å². The summed E-state index contributed by atoms with van der Waals surface area (Å²) >= 11 is 0. The van der Waals surface area contributed by atoms with Gasteiger partial charge < -0.3 is 14.0 Å². The van der Waals surface area contributed by atoms with Crippen molar-refractivity contribution in [2.24, 2.45) is 0 Å². The molecule has 1 aliphatic heterocycles. The van der Waals surface area contributed by atoms with Gasteiger partial charge in [0.15, 0.2) is 0 Å². The number of hydrogen-bond acceptors (Lipinski definition) is 3. The normalized spacial score (nSPS) is 20.1. The maximum Gasteiger partial charge on any atom is 0.494 e. The topological polar surface area (TPSA) is 27.7 Å². The van der Waals surface area contributed by atoms with Gasteiger partial charge in [-0.05, 0) is 45.3 Å². The molecule has 1 aromatic rings. The molecule has 1 saturated heterocycles. The zero-order chi connectivity index (χ0) is 14.1. The summed E-state index contributed by atoms with van der Waals surface area (Å²) in [5, 5.41) is 0. The summed E-state index contributed by atoms with van der Waals surface area (Å²) in [6.45, 7) is 8.39. The molecule has 1 aromatic carbocycles. The second kappa shape index (κ2) is 4.92. The lowest BCUT2D eigenvalue weighted by Crippen LogP contribution is -2.41. The molecule has 19 heavy (non-hydrogen) atoms. The first-order valence-corrected chi connectivity index (χ1v) is 6.37. The van der Waals surface area contributed by atoms with Gasteiger partial charge >= 0.3 is 7.12 Å². The fourth-order valence-corrected chi connectivity index (χ4v) is 1.86. The second-order valence-electron chi connectivity index (χ2n) is 5.65. The van der Waals surface area contributed by atoms with Crippen molar-refractivity contribution in [2.45, 2.75) is 38.9 Å². The van der Waals surface area contributed by atoms with Gasteiger partial charge in [0, 0.05) is 0 Å². The quantitative estimate of drug-likeness (QED) is 0.613. The van der Waals surface area contributed by atoms with Crippen molar-refractivity contribution < 1.29 is 14.0 Å². The van der Waals surface area contributed by atoms with Crippen LogP contribution in [0.2, 0.25) is 0 Å². The monoisotopic (exact) mass is 258 g/mol. The van der Waals surface area contributed by atoms with E-state index >= 15 is 0 Å². The van der Waals surface area contributed by atoms with Crippen LogP contribution >= 0.6 is 0 Å². The van der Waals surface area contributed by atoms with E-state index in [4.69, 9.17) is 20.5 Å². The Morgan fingerprint density at radius 2 is 1.84 bits per heavy atom. The van der Waals surface area contributed by atoms with E-state index in [0.29, 0.717) is 0 Å². The summed E-state index contributed by atoms with van der Waals surface area (Å²) in [4.78, 5) is 0. The van der Waals surface area contributed by atoms with Crippen molar-refractivity contribution in [3.63, 3.8) is 0 Å². The van der Waals surface area contributed by atoms with Gasteiger partial charge in [-0.2, -0.15) is 0 Å². The van der Waals surface area contributed by atoms with E-state index in [1.54, 1.807) is 0 Å². The molecular weight excluding hydrogens is 239 g/mol. The molecule has 0 saturated carbocycles. The molecule has 0 aromatic heterocycles. The summed E-state index contributed by atoms with van der Waals surface area (Å²) in [5.74, 6) is 3.17. The third-order valence-electron chi connectivity index (χ3n) is 3.71. The first kappa shape index (κ1) is 14.0. The minimum atomic E-state index is -0.376. The van der Waals surface area contributed by atoms with E-state index in [0.717, 1.165) is 11.2 Å². The van der Waals surface area contributed by atoms with Crippen molar-refractivity contribution in [1.82, 2.24) is 0 Å². The molecule has 3 nitrogen and oxygen atoms in total. The van der Waals surface area contributed by atoms with E-state index in [1.807, 2.05) is 52.0 Å². The summed E-state index contributed by atoms with van der Waals surface area (Å²) in [5.41, 5.74) is 0.258. The largest absolute Gasteiger partial charge is 0.494 e. The fourth-order valence-electron chi connectivity index (χ4n) is 1.86. The molecule has 0 N–H and O–H groups in total. The van der Waals surface area contributed by atoms with Crippen LogP contribution in [0.5, 0.6) is 5.75 Å². The first-order valence-electron chi connectivity index (χ1n) is 6.37. The Bertz CT molecular complexity index is 486. The highest BCUT2D eigenvalue weighted by molar-refractivity contribution is 6.62. The summed E-state index contributed by atoms with van der Waals surface area (Å²) in [6.07, 6.45) is 5.18. The predicted octanol–water partition coefficient (Wildman–Crippen LogP) is 2.00. The molecule has 1 fully saturated rings. The van der Waals surface area contributed by atoms with Gasteiger partial charge in [0.1, 0.15) is 12.4 Å². The molecule has 0 bridgehead atoms. The Morgan fingerprint density at radius 3 is 2.42 bits per heavy atom. The standard InChI is InChI=1S/C15H19BO3/c1-6-10-17-13-9-7-8-12(11-13)16-18-14(2,3)15(4,5)19-16/h1,7-9,11H,10H2,2-5H3. The molecule has 0 amide bonds. The van der Waals surface area contributed by atoms with Crippen LogP contribution in [0.25, 0.3) is 0 Å². The number of terminal acetylenes is 1. The highest BCUT2D eigenvalue weighted by atomic mass is 16.7. The summed E-state index contributed by atoms with van der Waals surface area (Å²) in [6, 6.07) is 7.64. The Balaban J connectivity index is 2.18. The van der Waals surface area contributed by atoms with Gasteiger partial charge in [-0.1, -0.05) is 18.1 Å². The maximum absolute atomic E-state index is 5.99. The molecule has 0 aliphatic carbocycles. The van der Waals surface area contributed by atoms with E-state index in [1.165, 1.54) is 0 Å². The van der Waals surface area contributed by atoms with Crippen molar-refractivity contribution in [3.05, 3.63) is 24.3 Å². The predicted molar refractivity (Wildman–Crippen MR) is 76.5 cm³/mol. The lowest BCUT2D eigenvalue weighted by molar-refractivity contribution is 0.00578. The van der Waals surface area contributed by atoms with Crippen LogP contribution in [-0.4, -0.2) is 24.9 Å². The third kappa shape index (κ3) is 2.78. The number of hydrogen-bond donors (Lipinski definition) is 0. The molecule has 1 heterocycles. The van der Waals surface area contributed by atoms with Crippen LogP contribution in [0.15, 0.2) is 24.3 Å². The fraction of sp³-hybridized carbons (Fsp3) is 0.467. The minimum Gasteiger partial charge on any atom is -0.481 e. The molecule has 1 aliphatic rings.